The maximum absolute atomic E-state index is 6.40. The molecule has 21 heavy (non-hydrogen) atoms. The summed E-state index contributed by atoms with van der Waals surface area (Å²) < 4.78 is 1.81. The summed E-state index contributed by atoms with van der Waals surface area (Å²) in [6.07, 6.45) is 1.43. The molecular weight excluding hydrogens is 307 g/mol. The molecule has 0 saturated carbocycles. The molecular formula is C15H20Cl2N4. The molecule has 0 amide bonds. The average Bonchev–Trinajstić information content (AvgIpc) is 2.74. The van der Waals surface area contributed by atoms with Gasteiger partial charge >= 0.3 is 0 Å². The van der Waals surface area contributed by atoms with Crippen molar-refractivity contribution in [2.24, 2.45) is 12.9 Å². The zero-order valence-corrected chi connectivity index (χ0v) is 14.0. The van der Waals surface area contributed by atoms with E-state index in [0.29, 0.717) is 11.4 Å². The summed E-state index contributed by atoms with van der Waals surface area (Å²) in [5.74, 6) is 5.73. The van der Waals surface area contributed by atoms with Gasteiger partial charge in [0.15, 0.2) is 0 Å². The highest BCUT2D eigenvalue weighted by Gasteiger charge is 2.20. The summed E-state index contributed by atoms with van der Waals surface area (Å²) in [6, 6.07) is 5.81. The van der Waals surface area contributed by atoms with Crippen molar-refractivity contribution in [3.05, 3.63) is 50.8 Å². The van der Waals surface area contributed by atoms with Crippen LogP contribution >= 0.6 is 23.2 Å². The van der Waals surface area contributed by atoms with Gasteiger partial charge in [0.1, 0.15) is 0 Å². The number of nitrogens with zero attached hydrogens (tertiary/aromatic N) is 2. The Balaban J connectivity index is 2.36. The number of nitrogens with one attached hydrogen (secondary N) is 1. The van der Waals surface area contributed by atoms with Crippen LogP contribution in [0.5, 0.6) is 0 Å². The minimum atomic E-state index is -0.116. The van der Waals surface area contributed by atoms with Gasteiger partial charge in [0.05, 0.1) is 22.5 Å². The Morgan fingerprint density at radius 3 is 2.62 bits per heavy atom. The molecule has 0 aliphatic heterocycles. The molecule has 1 atom stereocenters. The van der Waals surface area contributed by atoms with Gasteiger partial charge in [-0.3, -0.25) is 16.0 Å². The molecule has 1 unspecified atom stereocenters. The van der Waals surface area contributed by atoms with Crippen LogP contribution in [0.4, 0.5) is 0 Å². The van der Waals surface area contributed by atoms with E-state index in [1.165, 1.54) is 0 Å². The molecule has 114 valence electrons. The Morgan fingerprint density at radius 1 is 1.33 bits per heavy atom. The van der Waals surface area contributed by atoms with Gasteiger partial charge in [-0.1, -0.05) is 48.3 Å². The number of rotatable bonds is 5. The summed E-state index contributed by atoms with van der Waals surface area (Å²) >= 11 is 12.8. The van der Waals surface area contributed by atoms with Crippen molar-refractivity contribution in [3.8, 4) is 0 Å². The molecule has 3 N–H and O–H groups in total. The van der Waals surface area contributed by atoms with E-state index < -0.39 is 0 Å². The van der Waals surface area contributed by atoms with Crippen LogP contribution in [0.2, 0.25) is 10.0 Å². The lowest BCUT2D eigenvalue weighted by Crippen LogP contribution is -2.30. The molecule has 0 radical (unpaired) electrons. The first kappa shape index (κ1) is 16.3. The SMILES string of the molecule is CCc1nn(C)c(CC(NN)c2cccc(C)c2Cl)c1Cl. The maximum Gasteiger partial charge on any atom is 0.0850 e. The predicted molar refractivity (Wildman–Crippen MR) is 87.6 cm³/mol. The summed E-state index contributed by atoms with van der Waals surface area (Å²) in [4.78, 5) is 0. The fourth-order valence-corrected chi connectivity index (χ4v) is 3.06. The van der Waals surface area contributed by atoms with Crippen molar-refractivity contribution in [1.29, 1.82) is 0 Å². The van der Waals surface area contributed by atoms with Crippen LogP contribution < -0.4 is 11.3 Å². The molecule has 6 heteroatoms. The fourth-order valence-electron chi connectivity index (χ4n) is 2.43. The number of aromatic nitrogens is 2. The molecule has 0 bridgehead atoms. The van der Waals surface area contributed by atoms with Crippen molar-refractivity contribution in [2.75, 3.05) is 0 Å². The number of halogens is 2. The van der Waals surface area contributed by atoms with Gasteiger partial charge in [-0.05, 0) is 24.5 Å². The van der Waals surface area contributed by atoms with E-state index in [2.05, 4.69) is 10.5 Å². The molecule has 0 fully saturated rings. The summed E-state index contributed by atoms with van der Waals surface area (Å²) in [5, 5.41) is 5.88. The highest BCUT2D eigenvalue weighted by molar-refractivity contribution is 6.32. The number of nitrogens with two attached hydrogens (primary N) is 1. The quantitative estimate of drug-likeness (QED) is 0.654. The highest BCUT2D eigenvalue weighted by Crippen LogP contribution is 2.30. The van der Waals surface area contributed by atoms with Crippen LogP contribution in [0.25, 0.3) is 0 Å². The van der Waals surface area contributed by atoms with Crippen molar-refractivity contribution < 1.29 is 0 Å². The van der Waals surface area contributed by atoms with Crippen molar-refractivity contribution in [1.82, 2.24) is 15.2 Å². The van der Waals surface area contributed by atoms with E-state index in [0.717, 1.165) is 34.0 Å². The number of benzene rings is 1. The molecule has 0 aliphatic rings. The molecule has 0 saturated heterocycles. The van der Waals surface area contributed by atoms with Gasteiger partial charge < -0.3 is 0 Å². The van der Waals surface area contributed by atoms with Crippen molar-refractivity contribution in [2.45, 2.75) is 32.7 Å². The highest BCUT2D eigenvalue weighted by atomic mass is 35.5. The van der Waals surface area contributed by atoms with Gasteiger partial charge in [0, 0.05) is 18.5 Å². The Kier molecular flexibility index (Phi) is 5.27. The Labute approximate surface area is 135 Å². The number of aryl methyl sites for hydroxylation is 3. The largest absolute Gasteiger partial charge is 0.271 e. The van der Waals surface area contributed by atoms with E-state index in [4.69, 9.17) is 29.0 Å². The van der Waals surface area contributed by atoms with Gasteiger partial charge in [-0.15, -0.1) is 0 Å². The fraction of sp³-hybridized carbons (Fsp3) is 0.400. The third kappa shape index (κ3) is 3.24. The molecule has 0 spiro atoms. The molecule has 1 heterocycles. The minimum Gasteiger partial charge on any atom is -0.271 e. The van der Waals surface area contributed by atoms with E-state index in [-0.39, 0.29) is 6.04 Å². The zero-order valence-electron chi connectivity index (χ0n) is 12.5. The lowest BCUT2D eigenvalue weighted by Gasteiger charge is -2.19. The van der Waals surface area contributed by atoms with E-state index in [1.807, 2.05) is 43.8 Å². The summed E-state index contributed by atoms with van der Waals surface area (Å²) in [7, 11) is 1.89. The van der Waals surface area contributed by atoms with Gasteiger partial charge in [-0.2, -0.15) is 5.10 Å². The third-order valence-corrected chi connectivity index (χ3v) is 4.65. The minimum absolute atomic E-state index is 0.116. The first-order valence-corrected chi connectivity index (χ1v) is 7.66. The summed E-state index contributed by atoms with van der Waals surface area (Å²) in [6.45, 7) is 4.01. The maximum atomic E-state index is 6.40. The first-order valence-electron chi connectivity index (χ1n) is 6.90. The molecule has 4 nitrogen and oxygen atoms in total. The monoisotopic (exact) mass is 326 g/mol. The molecule has 1 aromatic heterocycles. The second-order valence-electron chi connectivity index (χ2n) is 5.09. The Morgan fingerprint density at radius 2 is 2.05 bits per heavy atom. The molecule has 1 aromatic carbocycles. The smallest absolute Gasteiger partial charge is 0.0850 e. The second-order valence-corrected chi connectivity index (χ2v) is 5.84. The van der Waals surface area contributed by atoms with Crippen LogP contribution in [0.1, 0.15) is 35.5 Å². The Bertz CT molecular complexity index is 637. The van der Waals surface area contributed by atoms with Crippen LogP contribution in [0.3, 0.4) is 0 Å². The van der Waals surface area contributed by atoms with Gasteiger partial charge in [0.2, 0.25) is 0 Å². The van der Waals surface area contributed by atoms with Crippen LogP contribution in [-0.2, 0) is 19.9 Å². The normalized spacial score (nSPS) is 12.7. The lowest BCUT2D eigenvalue weighted by molar-refractivity contribution is 0.530. The Hall–Kier alpha value is -1.07. The molecule has 0 aliphatic carbocycles. The van der Waals surface area contributed by atoms with E-state index >= 15 is 0 Å². The number of hydrogen-bond donors (Lipinski definition) is 2. The van der Waals surface area contributed by atoms with E-state index in [9.17, 15) is 0 Å². The van der Waals surface area contributed by atoms with Gasteiger partial charge in [0.25, 0.3) is 0 Å². The van der Waals surface area contributed by atoms with Crippen LogP contribution in [0.15, 0.2) is 18.2 Å². The van der Waals surface area contributed by atoms with Crippen molar-refractivity contribution in [3.63, 3.8) is 0 Å². The molecule has 2 rings (SSSR count). The third-order valence-electron chi connectivity index (χ3n) is 3.70. The number of hydrogen-bond acceptors (Lipinski definition) is 3. The van der Waals surface area contributed by atoms with Crippen LogP contribution in [0, 0.1) is 6.92 Å². The molecule has 2 aromatic rings. The second kappa shape index (κ2) is 6.79. The first-order chi connectivity index (χ1) is 9.99. The summed E-state index contributed by atoms with van der Waals surface area (Å²) in [5.41, 5.74) is 6.68. The standard InChI is InChI=1S/C15H20Cl2N4/c1-4-11-15(17)13(21(3)20-11)8-12(19-18)10-7-5-6-9(2)14(10)16/h5-7,12,19H,4,8,18H2,1-3H3. The van der Waals surface area contributed by atoms with E-state index in [1.54, 1.807) is 0 Å². The zero-order chi connectivity index (χ0) is 15.6. The van der Waals surface area contributed by atoms with Crippen LogP contribution in [-0.4, -0.2) is 9.78 Å². The predicted octanol–water partition coefficient (Wildman–Crippen LogP) is 3.34. The lowest BCUT2D eigenvalue weighted by atomic mass is 10.00. The average molecular weight is 327 g/mol. The topological polar surface area (TPSA) is 55.9 Å². The van der Waals surface area contributed by atoms with Gasteiger partial charge in [-0.25, -0.2) is 0 Å². The van der Waals surface area contributed by atoms with Crippen molar-refractivity contribution >= 4 is 23.2 Å². The number of hydrazine groups is 1.